The first-order valence-corrected chi connectivity index (χ1v) is 9.38. The molecular formula is C12H14BrClFN3O2S. The van der Waals surface area contributed by atoms with Gasteiger partial charge in [-0.2, -0.15) is 0 Å². The number of hydrogen-bond donors (Lipinski definition) is 1. The summed E-state index contributed by atoms with van der Waals surface area (Å²) in [5.41, 5.74) is 1.29. The number of sulfonamides is 1. The van der Waals surface area contributed by atoms with Crippen molar-refractivity contribution in [1.29, 1.82) is 0 Å². The summed E-state index contributed by atoms with van der Waals surface area (Å²) in [6.07, 6.45) is 1.70. The van der Waals surface area contributed by atoms with Gasteiger partial charge in [-0.15, -0.1) is 11.6 Å². The average molecular weight is 399 g/mol. The number of benzene rings is 1. The van der Waals surface area contributed by atoms with E-state index in [0.29, 0.717) is 35.3 Å². The third-order valence-corrected chi connectivity index (χ3v) is 4.49. The summed E-state index contributed by atoms with van der Waals surface area (Å²) in [5.74, 6) is 0.448. The molecule has 0 saturated heterocycles. The lowest BCUT2D eigenvalue weighted by molar-refractivity contribution is 0.575. The van der Waals surface area contributed by atoms with Crippen LogP contribution in [0.3, 0.4) is 0 Å². The number of hydrogen-bond acceptors (Lipinski definition) is 3. The van der Waals surface area contributed by atoms with E-state index in [-0.39, 0.29) is 11.7 Å². The number of aryl methyl sites for hydroxylation is 1. The Bertz CT molecular complexity index is 763. The molecule has 0 atom stereocenters. The van der Waals surface area contributed by atoms with Crippen LogP contribution < -0.4 is 4.72 Å². The van der Waals surface area contributed by atoms with Crippen LogP contribution in [-0.2, 0) is 22.4 Å². The van der Waals surface area contributed by atoms with Gasteiger partial charge in [0.2, 0.25) is 10.0 Å². The van der Waals surface area contributed by atoms with Gasteiger partial charge in [-0.25, -0.2) is 22.5 Å². The highest BCUT2D eigenvalue weighted by Gasteiger charge is 2.13. The van der Waals surface area contributed by atoms with E-state index in [0.717, 1.165) is 11.8 Å². The molecule has 116 valence electrons. The van der Waals surface area contributed by atoms with Crippen LogP contribution in [0.4, 0.5) is 4.39 Å². The van der Waals surface area contributed by atoms with Gasteiger partial charge in [-0.3, -0.25) is 0 Å². The van der Waals surface area contributed by atoms with E-state index in [2.05, 4.69) is 25.6 Å². The number of rotatable bonds is 6. The van der Waals surface area contributed by atoms with Crippen molar-refractivity contribution in [2.75, 3.05) is 12.8 Å². The SMILES string of the molecule is CS(=O)(=O)NCCCn1c(CCl)nc2cc(F)c(Br)cc21. The smallest absolute Gasteiger partial charge is 0.208 e. The Morgan fingerprint density at radius 2 is 2.19 bits per heavy atom. The largest absolute Gasteiger partial charge is 0.327 e. The van der Waals surface area contributed by atoms with E-state index in [1.54, 1.807) is 6.07 Å². The molecule has 0 fully saturated rings. The molecule has 5 nitrogen and oxygen atoms in total. The number of halogens is 3. The second-order valence-corrected chi connectivity index (χ2v) is 7.54. The zero-order valence-corrected chi connectivity index (χ0v) is 14.4. The van der Waals surface area contributed by atoms with Crippen molar-refractivity contribution >= 4 is 48.6 Å². The molecule has 1 heterocycles. The monoisotopic (exact) mass is 397 g/mol. The summed E-state index contributed by atoms with van der Waals surface area (Å²) in [4.78, 5) is 4.29. The summed E-state index contributed by atoms with van der Waals surface area (Å²) in [7, 11) is -3.19. The molecule has 0 unspecified atom stereocenters. The summed E-state index contributed by atoms with van der Waals surface area (Å²) >= 11 is 9.02. The minimum atomic E-state index is -3.19. The van der Waals surface area contributed by atoms with Crippen LogP contribution in [0, 0.1) is 5.82 Å². The molecule has 1 aromatic carbocycles. The lowest BCUT2D eigenvalue weighted by Gasteiger charge is -2.08. The number of nitrogens with one attached hydrogen (secondary N) is 1. The van der Waals surface area contributed by atoms with Gasteiger partial charge in [-0.1, -0.05) is 0 Å². The molecule has 21 heavy (non-hydrogen) atoms. The second kappa shape index (κ2) is 6.60. The number of imidazole rings is 1. The summed E-state index contributed by atoms with van der Waals surface area (Å²) < 4.78 is 40.2. The van der Waals surface area contributed by atoms with Crippen LogP contribution in [0.1, 0.15) is 12.2 Å². The second-order valence-electron chi connectivity index (χ2n) is 4.59. The van der Waals surface area contributed by atoms with Crippen LogP contribution in [-0.4, -0.2) is 30.8 Å². The molecule has 0 spiro atoms. The first-order chi connectivity index (χ1) is 9.81. The van der Waals surface area contributed by atoms with Gasteiger partial charge in [0.15, 0.2) is 0 Å². The standard InChI is InChI=1S/C12H14BrClFN3O2S/c1-21(19,20)16-3-2-4-18-11-5-8(13)9(15)6-10(11)17-12(18)7-14/h5-6,16H,2-4,7H2,1H3. The third-order valence-electron chi connectivity index (χ3n) is 2.91. The van der Waals surface area contributed by atoms with Gasteiger partial charge in [-0.05, 0) is 28.4 Å². The summed E-state index contributed by atoms with van der Waals surface area (Å²) in [6, 6.07) is 3.00. The van der Waals surface area contributed by atoms with Crippen LogP contribution >= 0.6 is 27.5 Å². The number of fused-ring (bicyclic) bond motifs is 1. The molecule has 2 aromatic rings. The zero-order chi connectivity index (χ0) is 15.6. The van der Waals surface area contributed by atoms with Crippen molar-refractivity contribution in [3.8, 4) is 0 Å². The highest BCUT2D eigenvalue weighted by molar-refractivity contribution is 9.10. The maximum absolute atomic E-state index is 13.5. The lowest BCUT2D eigenvalue weighted by Crippen LogP contribution is -2.24. The fourth-order valence-corrected chi connectivity index (χ4v) is 3.07. The Balaban J connectivity index is 2.23. The molecule has 1 aromatic heterocycles. The molecule has 1 N–H and O–H groups in total. The molecule has 0 bridgehead atoms. The first kappa shape index (κ1) is 16.7. The molecular weight excluding hydrogens is 385 g/mol. The first-order valence-electron chi connectivity index (χ1n) is 6.16. The quantitative estimate of drug-likeness (QED) is 0.601. The van der Waals surface area contributed by atoms with Gasteiger partial charge in [0.25, 0.3) is 0 Å². The van der Waals surface area contributed by atoms with E-state index in [1.807, 2.05) is 4.57 Å². The van der Waals surface area contributed by atoms with Crippen molar-refractivity contribution in [3.05, 3.63) is 28.2 Å². The molecule has 0 radical (unpaired) electrons. The van der Waals surface area contributed by atoms with Crippen LogP contribution in [0.5, 0.6) is 0 Å². The Morgan fingerprint density at radius 1 is 1.48 bits per heavy atom. The third kappa shape index (κ3) is 4.15. The van der Waals surface area contributed by atoms with E-state index < -0.39 is 10.0 Å². The van der Waals surface area contributed by atoms with Crippen molar-refractivity contribution in [2.24, 2.45) is 0 Å². The normalized spacial score (nSPS) is 12.2. The number of nitrogens with zero attached hydrogens (tertiary/aromatic N) is 2. The van der Waals surface area contributed by atoms with Crippen molar-refractivity contribution in [3.63, 3.8) is 0 Å². The van der Waals surface area contributed by atoms with E-state index in [4.69, 9.17) is 11.6 Å². The topological polar surface area (TPSA) is 64.0 Å². The zero-order valence-electron chi connectivity index (χ0n) is 11.2. The van der Waals surface area contributed by atoms with Crippen LogP contribution in [0.2, 0.25) is 0 Å². The predicted octanol–water partition coefficient (Wildman–Crippen LogP) is 2.62. The number of aromatic nitrogens is 2. The maximum atomic E-state index is 13.5. The van der Waals surface area contributed by atoms with Gasteiger partial charge < -0.3 is 4.57 Å². The van der Waals surface area contributed by atoms with Crippen molar-refractivity contribution in [1.82, 2.24) is 14.3 Å². The molecule has 0 amide bonds. The molecule has 0 aliphatic rings. The van der Waals surface area contributed by atoms with Crippen molar-refractivity contribution < 1.29 is 12.8 Å². The van der Waals surface area contributed by atoms with E-state index >= 15 is 0 Å². The fraction of sp³-hybridized carbons (Fsp3) is 0.417. The molecule has 0 aliphatic heterocycles. The lowest BCUT2D eigenvalue weighted by atomic mass is 10.3. The highest BCUT2D eigenvalue weighted by Crippen LogP contribution is 2.25. The minimum Gasteiger partial charge on any atom is -0.327 e. The highest BCUT2D eigenvalue weighted by atomic mass is 79.9. The maximum Gasteiger partial charge on any atom is 0.208 e. The van der Waals surface area contributed by atoms with Gasteiger partial charge in [0, 0.05) is 19.2 Å². The predicted molar refractivity (Wildman–Crippen MR) is 84.4 cm³/mol. The number of alkyl halides is 1. The summed E-state index contributed by atoms with van der Waals surface area (Å²) in [5, 5.41) is 0. The van der Waals surface area contributed by atoms with Crippen LogP contribution in [0.25, 0.3) is 11.0 Å². The molecule has 0 saturated carbocycles. The minimum absolute atomic E-state index is 0.202. The Hall–Kier alpha value is -0.700. The van der Waals surface area contributed by atoms with Gasteiger partial charge >= 0.3 is 0 Å². The van der Waals surface area contributed by atoms with Gasteiger partial charge in [0.05, 0.1) is 27.6 Å². The fourth-order valence-electron chi connectivity index (χ4n) is 2.02. The van der Waals surface area contributed by atoms with Crippen molar-refractivity contribution in [2.45, 2.75) is 18.8 Å². The molecule has 2 rings (SSSR count). The Labute approximate surface area is 135 Å². The van der Waals surface area contributed by atoms with Gasteiger partial charge in [0.1, 0.15) is 11.6 Å². The van der Waals surface area contributed by atoms with E-state index in [9.17, 15) is 12.8 Å². The van der Waals surface area contributed by atoms with Crippen LogP contribution in [0.15, 0.2) is 16.6 Å². The molecule has 9 heteroatoms. The Morgan fingerprint density at radius 3 is 2.81 bits per heavy atom. The van der Waals surface area contributed by atoms with E-state index in [1.165, 1.54) is 6.07 Å². The Kier molecular flexibility index (Phi) is 5.24. The molecule has 0 aliphatic carbocycles. The summed E-state index contributed by atoms with van der Waals surface area (Å²) in [6.45, 7) is 0.863. The average Bonchev–Trinajstić information content (AvgIpc) is 2.71.